The van der Waals surface area contributed by atoms with Gasteiger partial charge < -0.3 is 10.4 Å². The van der Waals surface area contributed by atoms with Crippen molar-refractivity contribution in [3.05, 3.63) is 0 Å². The van der Waals surface area contributed by atoms with E-state index in [0.29, 0.717) is 6.04 Å². The first-order valence-electron chi connectivity index (χ1n) is 7.59. The van der Waals surface area contributed by atoms with Crippen molar-refractivity contribution < 1.29 is 9.90 Å². The lowest BCUT2D eigenvalue weighted by Crippen LogP contribution is -2.45. The van der Waals surface area contributed by atoms with Crippen LogP contribution in [-0.2, 0) is 4.79 Å². The molecule has 0 aromatic heterocycles. The van der Waals surface area contributed by atoms with Gasteiger partial charge in [-0.3, -0.25) is 4.79 Å². The minimum atomic E-state index is -0.147. The highest BCUT2D eigenvalue weighted by Gasteiger charge is 2.35. The highest BCUT2D eigenvalue weighted by molar-refractivity contribution is 5.82. The van der Waals surface area contributed by atoms with Crippen LogP contribution in [0.4, 0.5) is 0 Å². The summed E-state index contributed by atoms with van der Waals surface area (Å²) in [5, 5.41) is 12.7. The van der Waals surface area contributed by atoms with E-state index in [1.54, 1.807) is 0 Å². The highest BCUT2D eigenvalue weighted by Crippen LogP contribution is 2.35. The van der Waals surface area contributed by atoms with E-state index in [2.05, 4.69) is 12.2 Å². The third kappa shape index (κ3) is 3.47. The molecule has 0 saturated heterocycles. The third-order valence-electron chi connectivity index (χ3n) is 4.79. The largest absolute Gasteiger partial charge is 0.393 e. The molecule has 2 rings (SSSR count). The van der Waals surface area contributed by atoms with Gasteiger partial charge in [-0.25, -0.2) is 0 Å². The maximum Gasteiger partial charge on any atom is 0.226 e. The summed E-state index contributed by atoms with van der Waals surface area (Å²) in [5.41, 5.74) is -0.146. The molecule has 18 heavy (non-hydrogen) atoms. The van der Waals surface area contributed by atoms with E-state index in [1.807, 2.05) is 0 Å². The Morgan fingerprint density at radius 1 is 1.06 bits per heavy atom. The fourth-order valence-corrected chi connectivity index (χ4v) is 3.32. The minimum absolute atomic E-state index is 0.146. The second kappa shape index (κ2) is 6.05. The number of carbonyl (C=O) groups is 1. The lowest BCUT2D eigenvalue weighted by atomic mass is 9.81. The van der Waals surface area contributed by atoms with Gasteiger partial charge in [0.05, 0.1) is 6.10 Å². The maximum atomic E-state index is 12.4. The molecule has 0 heterocycles. The van der Waals surface area contributed by atoms with Gasteiger partial charge in [0.1, 0.15) is 0 Å². The smallest absolute Gasteiger partial charge is 0.226 e. The van der Waals surface area contributed by atoms with Crippen molar-refractivity contribution in [1.82, 2.24) is 5.32 Å². The molecule has 2 aliphatic carbocycles. The highest BCUT2D eigenvalue weighted by atomic mass is 16.3. The van der Waals surface area contributed by atoms with Gasteiger partial charge in [0.2, 0.25) is 5.91 Å². The van der Waals surface area contributed by atoms with Crippen LogP contribution in [0.15, 0.2) is 0 Å². The van der Waals surface area contributed by atoms with Crippen molar-refractivity contribution in [2.75, 3.05) is 0 Å². The number of carbonyl (C=O) groups excluding carboxylic acids is 1. The Labute approximate surface area is 110 Å². The Morgan fingerprint density at radius 2 is 1.61 bits per heavy atom. The van der Waals surface area contributed by atoms with E-state index in [0.717, 1.165) is 38.5 Å². The summed E-state index contributed by atoms with van der Waals surface area (Å²) in [6.07, 6.45) is 10.4. The summed E-state index contributed by atoms with van der Waals surface area (Å²) < 4.78 is 0. The Hall–Kier alpha value is -0.570. The summed E-state index contributed by atoms with van der Waals surface area (Å²) in [6.45, 7) is 2.13. The van der Waals surface area contributed by atoms with E-state index < -0.39 is 0 Å². The average Bonchev–Trinajstić information content (AvgIpc) is 2.58. The van der Waals surface area contributed by atoms with Gasteiger partial charge in [-0.1, -0.05) is 32.6 Å². The molecule has 2 fully saturated rings. The Kier molecular flexibility index (Phi) is 4.66. The molecule has 0 unspecified atom stereocenters. The standard InChI is InChI=1S/C15H27NO2/c1-15(10-4-2-3-5-11-15)14(18)16-12-6-8-13(17)9-7-12/h12-13,17H,2-11H2,1H3,(H,16,18). The van der Waals surface area contributed by atoms with Gasteiger partial charge in [0.15, 0.2) is 0 Å². The van der Waals surface area contributed by atoms with E-state index >= 15 is 0 Å². The molecular weight excluding hydrogens is 226 g/mol. The lowest BCUT2D eigenvalue weighted by molar-refractivity contribution is -0.132. The molecule has 0 bridgehead atoms. The van der Waals surface area contributed by atoms with Crippen molar-refractivity contribution in [3.8, 4) is 0 Å². The van der Waals surface area contributed by atoms with Crippen molar-refractivity contribution in [2.24, 2.45) is 5.41 Å². The zero-order valence-electron chi connectivity index (χ0n) is 11.6. The van der Waals surface area contributed by atoms with Crippen LogP contribution in [0.5, 0.6) is 0 Å². The Morgan fingerprint density at radius 3 is 2.17 bits per heavy atom. The number of hydrogen-bond donors (Lipinski definition) is 2. The first kappa shape index (κ1) is 13.9. The molecule has 2 N–H and O–H groups in total. The van der Waals surface area contributed by atoms with Crippen LogP contribution < -0.4 is 5.32 Å². The van der Waals surface area contributed by atoms with Crippen LogP contribution in [0.25, 0.3) is 0 Å². The molecule has 104 valence electrons. The minimum Gasteiger partial charge on any atom is -0.393 e. The molecule has 3 nitrogen and oxygen atoms in total. The number of hydrogen-bond acceptors (Lipinski definition) is 2. The lowest BCUT2D eigenvalue weighted by Gasteiger charge is -2.32. The van der Waals surface area contributed by atoms with Crippen LogP contribution in [0, 0.1) is 5.41 Å². The van der Waals surface area contributed by atoms with Crippen molar-refractivity contribution in [3.63, 3.8) is 0 Å². The Bertz CT molecular complexity index is 274. The first-order chi connectivity index (χ1) is 8.60. The quantitative estimate of drug-likeness (QED) is 0.743. The molecule has 0 radical (unpaired) electrons. The number of amides is 1. The Balaban J connectivity index is 1.86. The van der Waals surface area contributed by atoms with Crippen LogP contribution in [0.1, 0.15) is 71.1 Å². The third-order valence-corrected chi connectivity index (χ3v) is 4.79. The van der Waals surface area contributed by atoms with Crippen LogP contribution >= 0.6 is 0 Å². The summed E-state index contributed by atoms with van der Waals surface area (Å²) in [7, 11) is 0. The van der Waals surface area contributed by atoms with Gasteiger partial charge >= 0.3 is 0 Å². The number of rotatable bonds is 2. The molecule has 2 aliphatic rings. The van der Waals surface area contributed by atoms with Gasteiger partial charge in [-0.15, -0.1) is 0 Å². The van der Waals surface area contributed by atoms with E-state index in [4.69, 9.17) is 0 Å². The zero-order chi connectivity index (χ0) is 13.0. The molecule has 0 aromatic carbocycles. The number of aliphatic hydroxyl groups is 1. The van der Waals surface area contributed by atoms with Gasteiger partial charge in [-0.2, -0.15) is 0 Å². The van der Waals surface area contributed by atoms with Gasteiger partial charge in [-0.05, 0) is 38.5 Å². The molecule has 2 saturated carbocycles. The molecule has 0 aliphatic heterocycles. The normalized spacial score (nSPS) is 32.6. The molecule has 0 atom stereocenters. The fourth-order valence-electron chi connectivity index (χ4n) is 3.32. The van der Waals surface area contributed by atoms with Gasteiger partial charge in [0, 0.05) is 11.5 Å². The van der Waals surface area contributed by atoms with Crippen LogP contribution in [-0.4, -0.2) is 23.2 Å². The number of aliphatic hydroxyl groups excluding tert-OH is 1. The molecule has 1 amide bonds. The summed E-state index contributed by atoms with van der Waals surface area (Å²) in [6, 6.07) is 0.293. The fraction of sp³-hybridized carbons (Fsp3) is 0.933. The van der Waals surface area contributed by atoms with Gasteiger partial charge in [0.25, 0.3) is 0 Å². The predicted molar refractivity (Wildman–Crippen MR) is 72.2 cm³/mol. The molecule has 0 spiro atoms. The van der Waals surface area contributed by atoms with E-state index in [-0.39, 0.29) is 17.4 Å². The van der Waals surface area contributed by atoms with E-state index in [9.17, 15) is 9.90 Å². The maximum absolute atomic E-state index is 12.4. The van der Waals surface area contributed by atoms with Crippen LogP contribution in [0.3, 0.4) is 0 Å². The SMILES string of the molecule is CC1(C(=O)NC2CCC(O)CC2)CCCCCC1. The summed E-state index contributed by atoms with van der Waals surface area (Å²) in [4.78, 5) is 12.4. The van der Waals surface area contributed by atoms with Crippen LogP contribution in [0.2, 0.25) is 0 Å². The molecule has 3 heteroatoms. The monoisotopic (exact) mass is 253 g/mol. The second-order valence-corrected chi connectivity index (χ2v) is 6.45. The first-order valence-corrected chi connectivity index (χ1v) is 7.59. The molecule has 0 aromatic rings. The van der Waals surface area contributed by atoms with Crippen molar-refractivity contribution in [2.45, 2.75) is 83.3 Å². The summed E-state index contributed by atoms with van der Waals surface area (Å²) in [5.74, 6) is 0.255. The topological polar surface area (TPSA) is 49.3 Å². The zero-order valence-corrected chi connectivity index (χ0v) is 11.6. The van der Waals surface area contributed by atoms with Crippen molar-refractivity contribution >= 4 is 5.91 Å². The predicted octanol–water partition coefficient (Wildman–Crippen LogP) is 2.77. The van der Waals surface area contributed by atoms with E-state index in [1.165, 1.54) is 25.7 Å². The average molecular weight is 253 g/mol. The summed E-state index contributed by atoms with van der Waals surface area (Å²) >= 11 is 0. The van der Waals surface area contributed by atoms with Crippen molar-refractivity contribution in [1.29, 1.82) is 0 Å². The molecular formula is C15H27NO2. The second-order valence-electron chi connectivity index (χ2n) is 6.45. The number of nitrogens with one attached hydrogen (secondary N) is 1.